The van der Waals surface area contributed by atoms with E-state index in [0.717, 1.165) is 109 Å². The molecule has 0 bridgehead atoms. The molecule has 0 aromatic rings. The third-order valence-corrected chi connectivity index (χ3v) is 10.8. The fraction of sp³-hybridized carbons (Fsp3) is 0.571. The van der Waals surface area contributed by atoms with Gasteiger partial charge in [-0.3, -0.25) is 14.4 Å². The fourth-order valence-corrected chi connectivity index (χ4v) is 6.70. The predicted octanol–water partition coefficient (Wildman–Crippen LogP) is 18.4. The van der Waals surface area contributed by atoms with Crippen LogP contribution in [-0.4, -0.2) is 37.2 Å². The Hall–Kier alpha value is -4.71. The van der Waals surface area contributed by atoms with E-state index in [9.17, 15) is 14.4 Å². The van der Waals surface area contributed by atoms with E-state index >= 15 is 0 Å². The third-order valence-electron chi connectivity index (χ3n) is 10.8. The summed E-state index contributed by atoms with van der Waals surface area (Å²) in [6.07, 6.45) is 79.8. The van der Waals surface area contributed by atoms with Crippen LogP contribution >= 0.6 is 0 Å². The molecule has 0 N–H and O–H groups in total. The third kappa shape index (κ3) is 54.1. The van der Waals surface area contributed by atoms with Crippen molar-refractivity contribution >= 4 is 17.9 Å². The summed E-state index contributed by atoms with van der Waals surface area (Å²) < 4.78 is 16.7. The van der Waals surface area contributed by atoms with Crippen LogP contribution in [0.15, 0.2) is 146 Å². The minimum Gasteiger partial charge on any atom is -0.462 e. The Morgan fingerprint density at radius 2 is 0.580 bits per heavy atom. The standard InChI is InChI=1S/C63H98O6/c1-4-7-10-13-16-19-22-25-28-30-31-33-36-38-41-44-47-50-53-56-62(65)68-59-60(69-63(66)57-54-51-48-45-42-39-34-27-24-21-18-15-12-9-6-3)58-67-61(64)55-52-49-46-43-40-37-35-32-29-26-23-20-17-14-11-8-5-2/h7,10,16-21,25-29,31,33-35,37-38,41-43,45-46,60H,4-6,8-9,11-15,22-24,30,32,36,39-40,44,47-59H2,1-3H3/b10-7-,19-16-,20-17-,21-18-,28-25-,29-26-,33-31-,34-27-,37-35-,41-38-,45-42-,46-43-/t60-/m0/s1. The van der Waals surface area contributed by atoms with E-state index in [0.29, 0.717) is 19.3 Å². The number of hydrogen-bond donors (Lipinski definition) is 0. The van der Waals surface area contributed by atoms with Crippen LogP contribution in [0.2, 0.25) is 0 Å². The van der Waals surface area contributed by atoms with Crippen LogP contribution in [0.3, 0.4) is 0 Å². The van der Waals surface area contributed by atoms with Crippen LogP contribution in [0.4, 0.5) is 0 Å². The van der Waals surface area contributed by atoms with Crippen LogP contribution in [0, 0.1) is 0 Å². The molecule has 69 heavy (non-hydrogen) atoms. The van der Waals surface area contributed by atoms with Crippen molar-refractivity contribution in [3.05, 3.63) is 146 Å². The van der Waals surface area contributed by atoms with Crippen LogP contribution in [0.1, 0.15) is 213 Å². The summed E-state index contributed by atoms with van der Waals surface area (Å²) in [5.41, 5.74) is 0. The smallest absolute Gasteiger partial charge is 0.306 e. The van der Waals surface area contributed by atoms with E-state index < -0.39 is 6.10 Å². The van der Waals surface area contributed by atoms with Gasteiger partial charge < -0.3 is 14.2 Å². The van der Waals surface area contributed by atoms with Gasteiger partial charge in [0.15, 0.2) is 6.10 Å². The average Bonchev–Trinajstić information content (AvgIpc) is 3.35. The Balaban J connectivity index is 4.62. The Morgan fingerprint density at radius 3 is 0.942 bits per heavy atom. The van der Waals surface area contributed by atoms with Crippen molar-refractivity contribution in [1.82, 2.24) is 0 Å². The molecule has 0 aliphatic carbocycles. The van der Waals surface area contributed by atoms with Gasteiger partial charge in [0.1, 0.15) is 13.2 Å². The van der Waals surface area contributed by atoms with Gasteiger partial charge in [-0.2, -0.15) is 0 Å². The normalized spacial score (nSPS) is 13.3. The van der Waals surface area contributed by atoms with E-state index in [4.69, 9.17) is 14.2 Å². The van der Waals surface area contributed by atoms with Gasteiger partial charge in [0.05, 0.1) is 0 Å². The van der Waals surface area contributed by atoms with Crippen molar-refractivity contribution < 1.29 is 28.6 Å². The van der Waals surface area contributed by atoms with Gasteiger partial charge >= 0.3 is 17.9 Å². The Labute approximate surface area is 423 Å². The molecule has 0 saturated heterocycles. The maximum atomic E-state index is 12.8. The lowest BCUT2D eigenvalue weighted by molar-refractivity contribution is -0.167. The second kappa shape index (κ2) is 55.9. The van der Waals surface area contributed by atoms with E-state index in [1.54, 1.807) is 0 Å². The van der Waals surface area contributed by atoms with Crippen molar-refractivity contribution in [1.29, 1.82) is 0 Å². The quantitative estimate of drug-likeness (QED) is 0.0262. The number of carbonyl (C=O) groups excluding carboxylic acids is 3. The lowest BCUT2D eigenvalue weighted by atomic mass is 10.1. The summed E-state index contributed by atoms with van der Waals surface area (Å²) in [6, 6.07) is 0. The summed E-state index contributed by atoms with van der Waals surface area (Å²) in [5.74, 6) is -1.07. The van der Waals surface area contributed by atoms with Gasteiger partial charge in [0.25, 0.3) is 0 Å². The molecule has 386 valence electrons. The monoisotopic (exact) mass is 951 g/mol. The Kier molecular flexibility index (Phi) is 52.1. The summed E-state index contributed by atoms with van der Waals surface area (Å²) >= 11 is 0. The average molecular weight is 951 g/mol. The van der Waals surface area contributed by atoms with Crippen molar-refractivity contribution in [3.63, 3.8) is 0 Å². The summed E-state index contributed by atoms with van der Waals surface area (Å²) in [7, 11) is 0. The number of esters is 3. The molecule has 0 rings (SSSR count). The van der Waals surface area contributed by atoms with Crippen molar-refractivity contribution in [3.8, 4) is 0 Å². The van der Waals surface area contributed by atoms with Crippen molar-refractivity contribution in [2.24, 2.45) is 0 Å². The highest BCUT2D eigenvalue weighted by molar-refractivity contribution is 5.71. The highest BCUT2D eigenvalue weighted by Gasteiger charge is 2.19. The van der Waals surface area contributed by atoms with Crippen LogP contribution in [0.25, 0.3) is 0 Å². The maximum Gasteiger partial charge on any atom is 0.306 e. The Bertz CT molecular complexity index is 1560. The first-order valence-electron chi connectivity index (χ1n) is 27.3. The number of unbranched alkanes of at least 4 members (excludes halogenated alkanes) is 12. The van der Waals surface area contributed by atoms with Gasteiger partial charge in [0, 0.05) is 19.3 Å². The minimum absolute atomic E-state index is 0.134. The van der Waals surface area contributed by atoms with Crippen molar-refractivity contribution in [2.75, 3.05) is 13.2 Å². The zero-order valence-corrected chi connectivity index (χ0v) is 44.0. The first-order valence-corrected chi connectivity index (χ1v) is 27.3. The minimum atomic E-state index is -0.841. The zero-order chi connectivity index (χ0) is 50.0. The summed E-state index contributed by atoms with van der Waals surface area (Å²) in [6.45, 7) is 6.34. The molecule has 0 spiro atoms. The fourth-order valence-electron chi connectivity index (χ4n) is 6.70. The molecule has 0 amide bonds. The number of ether oxygens (including phenoxy) is 3. The SMILES string of the molecule is CC/C=C\C/C=C\C/C=C\C/C=C\C/C=C\CCCCCC(=O)OC[C@H](COC(=O)CCC/C=C\C/C=C\C/C=C\C/C=C\CCCCC)OC(=O)CCCC/C=C\C/C=C\C/C=C\CCCCC. The molecule has 0 saturated carbocycles. The second-order valence-electron chi connectivity index (χ2n) is 17.4. The molecular formula is C63H98O6. The van der Waals surface area contributed by atoms with E-state index in [-0.39, 0.29) is 44.0 Å². The molecule has 0 aromatic carbocycles. The highest BCUT2D eigenvalue weighted by atomic mass is 16.6. The largest absolute Gasteiger partial charge is 0.462 e. The van der Waals surface area contributed by atoms with Crippen LogP contribution < -0.4 is 0 Å². The molecule has 1 atom stereocenters. The number of carbonyl (C=O) groups is 3. The van der Waals surface area contributed by atoms with Gasteiger partial charge in [-0.05, 0) is 141 Å². The molecule has 0 heterocycles. The Morgan fingerprint density at radius 1 is 0.304 bits per heavy atom. The predicted molar refractivity (Wildman–Crippen MR) is 297 cm³/mol. The maximum absolute atomic E-state index is 12.8. The highest BCUT2D eigenvalue weighted by Crippen LogP contribution is 2.10. The molecule has 0 aliphatic heterocycles. The number of hydrogen-bond acceptors (Lipinski definition) is 6. The van der Waals surface area contributed by atoms with Crippen molar-refractivity contribution in [2.45, 2.75) is 219 Å². The number of rotatable bonds is 47. The molecule has 0 radical (unpaired) electrons. The van der Waals surface area contributed by atoms with Gasteiger partial charge in [-0.25, -0.2) is 0 Å². The molecular weight excluding hydrogens is 853 g/mol. The van der Waals surface area contributed by atoms with E-state index in [1.807, 2.05) is 0 Å². The topological polar surface area (TPSA) is 78.9 Å². The summed E-state index contributed by atoms with van der Waals surface area (Å²) in [4.78, 5) is 38.1. The van der Waals surface area contributed by atoms with E-state index in [1.165, 1.54) is 51.4 Å². The van der Waals surface area contributed by atoms with E-state index in [2.05, 4.69) is 167 Å². The molecule has 0 aromatic heterocycles. The first-order chi connectivity index (χ1) is 34.0. The lowest BCUT2D eigenvalue weighted by Crippen LogP contribution is -2.30. The lowest BCUT2D eigenvalue weighted by Gasteiger charge is -2.18. The number of allylic oxidation sites excluding steroid dienone is 24. The molecule has 6 nitrogen and oxygen atoms in total. The van der Waals surface area contributed by atoms with Crippen LogP contribution in [0.5, 0.6) is 0 Å². The summed E-state index contributed by atoms with van der Waals surface area (Å²) in [5, 5.41) is 0. The van der Waals surface area contributed by atoms with Crippen LogP contribution in [-0.2, 0) is 28.6 Å². The molecule has 0 fully saturated rings. The molecule has 6 heteroatoms. The molecule has 0 aliphatic rings. The van der Waals surface area contributed by atoms with Gasteiger partial charge in [0.2, 0.25) is 0 Å². The second-order valence-corrected chi connectivity index (χ2v) is 17.4. The zero-order valence-electron chi connectivity index (χ0n) is 44.0. The molecule has 0 unspecified atom stereocenters. The van der Waals surface area contributed by atoms with Gasteiger partial charge in [-0.15, -0.1) is 0 Å². The van der Waals surface area contributed by atoms with Gasteiger partial charge in [-0.1, -0.05) is 199 Å². The first kappa shape index (κ1) is 64.3.